The Morgan fingerprint density at radius 3 is 2.58 bits per heavy atom. The minimum absolute atomic E-state index is 0.0431. The van der Waals surface area contributed by atoms with Crippen molar-refractivity contribution in [1.82, 2.24) is 4.90 Å². The van der Waals surface area contributed by atoms with Gasteiger partial charge in [0.1, 0.15) is 0 Å². The summed E-state index contributed by atoms with van der Waals surface area (Å²) in [6, 6.07) is 2.17. The number of ether oxygens (including phenoxy) is 1. The maximum atomic E-state index is 11.1. The third-order valence-corrected chi connectivity index (χ3v) is 6.28. The summed E-state index contributed by atoms with van der Waals surface area (Å²) < 4.78 is 28.0. The van der Waals surface area contributed by atoms with Crippen molar-refractivity contribution in [1.29, 1.82) is 0 Å². The van der Waals surface area contributed by atoms with Crippen molar-refractivity contribution >= 4 is 21.2 Å². The Kier molecular flexibility index (Phi) is 3.93. The van der Waals surface area contributed by atoms with Gasteiger partial charge in [-0.2, -0.15) is 11.3 Å². The van der Waals surface area contributed by atoms with Gasteiger partial charge in [0.25, 0.3) is 0 Å². The van der Waals surface area contributed by atoms with E-state index in [4.69, 9.17) is 4.74 Å². The van der Waals surface area contributed by atoms with Gasteiger partial charge in [-0.15, -0.1) is 0 Å². The summed E-state index contributed by atoms with van der Waals surface area (Å²) in [4.78, 5) is 2.44. The zero-order valence-electron chi connectivity index (χ0n) is 10.8. The number of thiophene rings is 1. The predicted octanol–water partition coefficient (Wildman–Crippen LogP) is 1.53. The Labute approximate surface area is 118 Å². The zero-order chi connectivity index (χ0) is 13.3. The van der Waals surface area contributed by atoms with Gasteiger partial charge in [-0.05, 0) is 35.2 Å². The molecule has 2 aliphatic rings. The summed E-state index contributed by atoms with van der Waals surface area (Å²) in [6.07, 6.45) is 2.24. The molecule has 0 aliphatic carbocycles. The molecule has 106 valence electrons. The Balaban J connectivity index is 1.40. The van der Waals surface area contributed by atoms with Crippen LogP contribution in [0.25, 0.3) is 0 Å². The fourth-order valence-corrected chi connectivity index (χ4v) is 4.56. The van der Waals surface area contributed by atoms with Crippen LogP contribution in [0.2, 0.25) is 0 Å². The molecule has 2 fully saturated rings. The third-order valence-electron chi connectivity index (χ3n) is 3.79. The average Bonchev–Trinajstić information content (AvgIpc) is 2.82. The molecule has 0 aromatic carbocycles. The first-order chi connectivity index (χ1) is 9.11. The molecule has 19 heavy (non-hydrogen) atoms. The van der Waals surface area contributed by atoms with E-state index in [1.807, 2.05) is 0 Å². The lowest BCUT2D eigenvalue weighted by molar-refractivity contribution is -0.0306. The molecular formula is C13H19NO3S2. The van der Waals surface area contributed by atoms with E-state index in [-0.39, 0.29) is 23.7 Å². The van der Waals surface area contributed by atoms with Crippen molar-refractivity contribution in [2.45, 2.75) is 31.6 Å². The molecule has 2 aliphatic heterocycles. The van der Waals surface area contributed by atoms with Crippen LogP contribution in [-0.4, -0.2) is 50.1 Å². The normalized spacial score (nSPS) is 25.3. The maximum Gasteiger partial charge on any atom is 0.155 e. The van der Waals surface area contributed by atoms with Gasteiger partial charge < -0.3 is 4.74 Å². The minimum atomic E-state index is -2.76. The lowest BCUT2D eigenvalue weighted by atomic mass is 10.1. The van der Waals surface area contributed by atoms with E-state index >= 15 is 0 Å². The average molecular weight is 301 g/mol. The topological polar surface area (TPSA) is 46.6 Å². The lowest BCUT2D eigenvalue weighted by Gasteiger charge is -2.36. The van der Waals surface area contributed by atoms with Crippen molar-refractivity contribution in [3.63, 3.8) is 0 Å². The van der Waals surface area contributed by atoms with Crippen molar-refractivity contribution in [2.75, 3.05) is 24.6 Å². The molecule has 2 saturated heterocycles. The summed E-state index contributed by atoms with van der Waals surface area (Å²) in [6.45, 7) is 3.11. The quantitative estimate of drug-likeness (QED) is 0.846. The van der Waals surface area contributed by atoms with Gasteiger partial charge in [0.2, 0.25) is 0 Å². The maximum absolute atomic E-state index is 11.1. The van der Waals surface area contributed by atoms with Crippen molar-refractivity contribution in [3.8, 4) is 0 Å². The Morgan fingerprint density at radius 1 is 1.26 bits per heavy atom. The molecule has 0 radical (unpaired) electrons. The van der Waals surface area contributed by atoms with Gasteiger partial charge >= 0.3 is 0 Å². The highest BCUT2D eigenvalue weighted by molar-refractivity contribution is 7.92. The van der Waals surface area contributed by atoms with Gasteiger partial charge in [-0.3, -0.25) is 4.90 Å². The molecular weight excluding hydrogens is 282 g/mol. The molecule has 0 atom stereocenters. The molecule has 6 heteroatoms. The van der Waals surface area contributed by atoms with Crippen LogP contribution >= 0.6 is 11.3 Å². The van der Waals surface area contributed by atoms with Crippen LogP contribution in [0.5, 0.6) is 0 Å². The van der Waals surface area contributed by atoms with Gasteiger partial charge in [-0.1, -0.05) is 0 Å². The number of sulfone groups is 1. The molecule has 3 heterocycles. The van der Waals surface area contributed by atoms with Gasteiger partial charge in [-0.25, -0.2) is 8.42 Å². The van der Waals surface area contributed by atoms with E-state index in [0.29, 0.717) is 0 Å². The van der Waals surface area contributed by atoms with Crippen molar-refractivity contribution in [2.24, 2.45) is 0 Å². The summed E-state index contributed by atoms with van der Waals surface area (Å²) in [5, 5.41) is 4.31. The summed E-state index contributed by atoms with van der Waals surface area (Å²) in [7, 11) is -2.76. The predicted molar refractivity (Wildman–Crippen MR) is 76.1 cm³/mol. The lowest BCUT2D eigenvalue weighted by Crippen LogP contribution is -2.47. The van der Waals surface area contributed by atoms with E-state index in [1.165, 1.54) is 5.56 Å². The second kappa shape index (κ2) is 5.52. The van der Waals surface area contributed by atoms with Crippen LogP contribution in [-0.2, 0) is 21.1 Å². The smallest absolute Gasteiger partial charge is 0.155 e. The second-order valence-corrected chi connectivity index (χ2v) is 8.38. The van der Waals surface area contributed by atoms with E-state index in [0.717, 1.165) is 32.5 Å². The Hall–Kier alpha value is -0.430. The first kappa shape index (κ1) is 13.5. The molecule has 0 unspecified atom stereocenters. The number of hydrogen-bond acceptors (Lipinski definition) is 5. The van der Waals surface area contributed by atoms with E-state index in [2.05, 4.69) is 21.7 Å². The largest absolute Gasteiger partial charge is 0.373 e. The Bertz CT molecular complexity index is 492. The molecule has 0 amide bonds. The molecule has 0 bridgehead atoms. The van der Waals surface area contributed by atoms with E-state index in [1.54, 1.807) is 11.3 Å². The molecule has 1 aromatic heterocycles. The van der Waals surface area contributed by atoms with Gasteiger partial charge in [0.15, 0.2) is 9.84 Å². The van der Waals surface area contributed by atoms with Crippen LogP contribution < -0.4 is 0 Å². The van der Waals surface area contributed by atoms with Crippen LogP contribution in [0, 0.1) is 0 Å². The zero-order valence-corrected chi connectivity index (χ0v) is 12.5. The molecule has 0 spiro atoms. The fourth-order valence-electron chi connectivity index (χ4n) is 2.71. The highest BCUT2D eigenvalue weighted by atomic mass is 32.2. The van der Waals surface area contributed by atoms with Crippen molar-refractivity contribution < 1.29 is 13.2 Å². The standard InChI is InChI=1S/C13H19NO3S2/c15-19(16)9-13(10-19)17-12-1-4-14(5-2-12)7-11-3-6-18-8-11/h3,6,8,12-13H,1-2,4-5,7,9-10H2. The van der Waals surface area contributed by atoms with Gasteiger partial charge in [0, 0.05) is 19.6 Å². The molecule has 1 aromatic rings. The first-order valence-corrected chi connectivity index (χ1v) is 9.46. The number of rotatable bonds is 4. The number of hydrogen-bond donors (Lipinski definition) is 0. The second-order valence-electron chi connectivity index (χ2n) is 5.44. The first-order valence-electron chi connectivity index (χ1n) is 6.70. The molecule has 0 N–H and O–H groups in total. The van der Waals surface area contributed by atoms with E-state index in [9.17, 15) is 8.42 Å². The van der Waals surface area contributed by atoms with Crippen LogP contribution in [0.3, 0.4) is 0 Å². The van der Waals surface area contributed by atoms with E-state index < -0.39 is 9.84 Å². The van der Waals surface area contributed by atoms with Gasteiger partial charge in [0.05, 0.1) is 23.7 Å². The third kappa shape index (κ3) is 3.56. The fraction of sp³-hybridized carbons (Fsp3) is 0.692. The van der Waals surface area contributed by atoms with Crippen LogP contribution in [0.1, 0.15) is 18.4 Å². The summed E-state index contributed by atoms with van der Waals surface area (Å²) in [5.41, 5.74) is 1.38. The number of likely N-dealkylation sites (tertiary alicyclic amines) is 1. The SMILES string of the molecule is O=S1(=O)CC(OC2CCN(Cc3ccsc3)CC2)C1. The summed E-state index contributed by atoms with van der Waals surface area (Å²) >= 11 is 1.74. The highest BCUT2D eigenvalue weighted by Crippen LogP contribution is 2.22. The number of nitrogens with zero attached hydrogens (tertiary/aromatic N) is 1. The summed E-state index contributed by atoms with van der Waals surface area (Å²) in [5.74, 6) is 0.449. The molecule has 4 nitrogen and oxygen atoms in total. The Morgan fingerprint density at radius 2 is 2.00 bits per heavy atom. The monoisotopic (exact) mass is 301 g/mol. The van der Waals surface area contributed by atoms with Crippen LogP contribution in [0.4, 0.5) is 0 Å². The minimum Gasteiger partial charge on any atom is -0.373 e. The molecule has 3 rings (SSSR count). The highest BCUT2D eigenvalue weighted by Gasteiger charge is 2.36. The molecule has 0 saturated carbocycles. The van der Waals surface area contributed by atoms with Crippen molar-refractivity contribution in [3.05, 3.63) is 22.4 Å². The van der Waals surface area contributed by atoms with Crippen LogP contribution in [0.15, 0.2) is 16.8 Å². The number of piperidine rings is 1.